The lowest BCUT2D eigenvalue weighted by Gasteiger charge is -2.26. The molecule has 6 heteroatoms. The molecule has 0 radical (unpaired) electrons. The highest BCUT2D eigenvalue weighted by Gasteiger charge is 2.21. The molecule has 23 heavy (non-hydrogen) atoms. The van der Waals surface area contributed by atoms with E-state index in [9.17, 15) is 14.0 Å². The molecule has 1 aliphatic rings. The number of hydrogen-bond donors (Lipinski definition) is 2. The molecule has 122 valence electrons. The van der Waals surface area contributed by atoms with E-state index in [0.29, 0.717) is 18.4 Å². The number of rotatable bonds is 3. The van der Waals surface area contributed by atoms with E-state index in [-0.39, 0.29) is 11.3 Å². The monoisotopic (exact) mass is 317 g/mol. The van der Waals surface area contributed by atoms with Crippen molar-refractivity contribution in [1.29, 1.82) is 5.26 Å². The van der Waals surface area contributed by atoms with Crippen molar-refractivity contribution in [2.75, 3.05) is 11.9 Å². The quantitative estimate of drug-likeness (QED) is 0.841. The number of amides is 2. The molecule has 0 unspecified atom stereocenters. The maximum atomic E-state index is 13.2. The van der Waals surface area contributed by atoms with Crippen molar-refractivity contribution in [2.45, 2.75) is 32.6 Å². The minimum absolute atomic E-state index is 0.181. The van der Waals surface area contributed by atoms with Gasteiger partial charge in [0.2, 0.25) is 0 Å². The fourth-order valence-electron chi connectivity index (χ4n) is 2.94. The van der Waals surface area contributed by atoms with Crippen LogP contribution in [-0.2, 0) is 9.59 Å². The van der Waals surface area contributed by atoms with Gasteiger partial charge in [-0.25, -0.2) is 4.39 Å². The van der Waals surface area contributed by atoms with Gasteiger partial charge in [-0.2, -0.15) is 5.26 Å². The van der Waals surface area contributed by atoms with Gasteiger partial charge in [-0.3, -0.25) is 9.59 Å². The van der Waals surface area contributed by atoms with Gasteiger partial charge < -0.3 is 10.6 Å². The van der Waals surface area contributed by atoms with E-state index in [2.05, 4.69) is 17.6 Å². The number of nitrogens with one attached hydrogen (secondary N) is 2. The number of anilines is 1. The zero-order valence-corrected chi connectivity index (χ0v) is 13.1. The van der Waals surface area contributed by atoms with Crippen molar-refractivity contribution >= 4 is 17.5 Å². The lowest BCUT2D eigenvalue weighted by molar-refractivity contribution is -0.136. The third kappa shape index (κ3) is 4.78. The maximum Gasteiger partial charge on any atom is 0.313 e. The van der Waals surface area contributed by atoms with Crippen molar-refractivity contribution in [2.24, 2.45) is 11.8 Å². The number of nitrogens with zero attached hydrogens (tertiary/aromatic N) is 1. The molecular formula is C17H20FN3O2. The highest BCUT2D eigenvalue weighted by atomic mass is 19.1. The van der Waals surface area contributed by atoms with E-state index in [4.69, 9.17) is 5.26 Å². The number of carbonyl (C=O) groups excluding carboxylic acids is 2. The summed E-state index contributed by atoms with van der Waals surface area (Å²) in [6.07, 6.45) is 4.50. The Morgan fingerprint density at radius 1 is 1.35 bits per heavy atom. The average molecular weight is 317 g/mol. The van der Waals surface area contributed by atoms with Gasteiger partial charge in [0.25, 0.3) is 0 Å². The molecular weight excluding hydrogens is 297 g/mol. The van der Waals surface area contributed by atoms with Crippen molar-refractivity contribution in [3.05, 3.63) is 29.6 Å². The van der Waals surface area contributed by atoms with E-state index in [1.165, 1.54) is 18.6 Å². The van der Waals surface area contributed by atoms with Gasteiger partial charge in [0.1, 0.15) is 11.9 Å². The largest absolute Gasteiger partial charge is 0.348 e. The van der Waals surface area contributed by atoms with E-state index in [1.807, 2.05) is 0 Å². The molecule has 0 bridgehead atoms. The minimum Gasteiger partial charge on any atom is -0.348 e. The Labute approximate surface area is 134 Å². The van der Waals surface area contributed by atoms with Crippen LogP contribution >= 0.6 is 0 Å². The normalized spacial score (nSPS) is 20.4. The van der Waals surface area contributed by atoms with Gasteiger partial charge in [-0.05, 0) is 42.9 Å². The van der Waals surface area contributed by atoms with Crippen LogP contribution in [0.4, 0.5) is 10.1 Å². The van der Waals surface area contributed by atoms with Crippen molar-refractivity contribution in [1.82, 2.24) is 5.32 Å². The molecule has 0 heterocycles. The molecule has 1 saturated carbocycles. The Morgan fingerprint density at radius 3 is 2.83 bits per heavy atom. The first-order valence-electron chi connectivity index (χ1n) is 7.78. The Morgan fingerprint density at radius 2 is 2.13 bits per heavy atom. The van der Waals surface area contributed by atoms with Crippen LogP contribution in [-0.4, -0.2) is 18.4 Å². The van der Waals surface area contributed by atoms with Gasteiger partial charge in [-0.1, -0.05) is 19.8 Å². The molecule has 2 N–H and O–H groups in total. The third-order valence-electron chi connectivity index (χ3n) is 4.15. The highest BCUT2D eigenvalue weighted by Crippen LogP contribution is 2.27. The molecule has 1 fully saturated rings. The zero-order valence-electron chi connectivity index (χ0n) is 13.1. The first-order chi connectivity index (χ1) is 11.0. The second kappa shape index (κ2) is 7.73. The summed E-state index contributed by atoms with van der Waals surface area (Å²) in [4.78, 5) is 23.7. The molecule has 5 nitrogen and oxygen atoms in total. The summed E-state index contributed by atoms with van der Waals surface area (Å²) in [6.45, 7) is 2.69. The number of benzene rings is 1. The molecule has 0 aliphatic heterocycles. The van der Waals surface area contributed by atoms with Crippen LogP contribution < -0.4 is 10.6 Å². The Bertz CT molecular complexity index is 639. The van der Waals surface area contributed by atoms with Crippen LogP contribution in [0, 0.1) is 29.0 Å². The summed E-state index contributed by atoms with van der Waals surface area (Å²) in [5.41, 5.74) is 0.0359. The summed E-state index contributed by atoms with van der Waals surface area (Å²) >= 11 is 0. The minimum atomic E-state index is -0.815. The summed E-state index contributed by atoms with van der Waals surface area (Å²) in [7, 11) is 0. The Balaban J connectivity index is 1.85. The summed E-state index contributed by atoms with van der Waals surface area (Å²) in [5, 5.41) is 13.8. The molecule has 2 rings (SSSR count). The molecule has 0 spiro atoms. The predicted molar refractivity (Wildman–Crippen MR) is 83.9 cm³/mol. The topological polar surface area (TPSA) is 82.0 Å². The van der Waals surface area contributed by atoms with E-state index >= 15 is 0 Å². The maximum absolute atomic E-state index is 13.2. The summed E-state index contributed by atoms with van der Waals surface area (Å²) < 4.78 is 13.2. The summed E-state index contributed by atoms with van der Waals surface area (Å²) in [6, 6.07) is 5.27. The molecule has 1 aromatic carbocycles. The van der Waals surface area contributed by atoms with Crippen molar-refractivity contribution in [3.8, 4) is 6.07 Å². The van der Waals surface area contributed by atoms with Gasteiger partial charge >= 0.3 is 11.8 Å². The smallest absolute Gasteiger partial charge is 0.313 e. The van der Waals surface area contributed by atoms with Gasteiger partial charge in [0.15, 0.2) is 0 Å². The number of halogens is 1. The van der Waals surface area contributed by atoms with Crippen LogP contribution in [0.15, 0.2) is 18.2 Å². The molecule has 2 amide bonds. The fraction of sp³-hybridized carbons (Fsp3) is 0.471. The number of nitriles is 1. The molecule has 1 aromatic rings. The molecule has 2 atom stereocenters. The highest BCUT2D eigenvalue weighted by molar-refractivity contribution is 6.39. The third-order valence-corrected chi connectivity index (χ3v) is 4.15. The van der Waals surface area contributed by atoms with E-state index in [0.717, 1.165) is 25.3 Å². The summed E-state index contributed by atoms with van der Waals surface area (Å²) in [5.74, 6) is -1.13. The van der Waals surface area contributed by atoms with Crippen LogP contribution in [0.3, 0.4) is 0 Å². The van der Waals surface area contributed by atoms with Crippen LogP contribution in [0.1, 0.15) is 38.2 Å². The molecule has 1 aliphatic carbocycles. The Hall–Kier alpha value is -2.42. The number of hydrogen-bond acceptors (Lipinski definition) is 3. The molecule has 0 aromatic heterocycles. The van der Waals surface area contributed by atoms with Crippen molar-refractivity contribution in [3.63, 3.8) is 0 Å². The van der Waals surface area contributed by atoms with E-state index in [1.54, 1.807) is 6.07 Å². The van der Waals surface area contributed by atoms with Crippen molar-refractivity contribution < 1.29 is 14.0 Å². The van der Waals surface area contributed by atoms with Crippen LogP contribution in [0.5, 0.6) is 0 Å². The predicted octanol–water partition coefficient (Wildman–Crippen LogP) is 2.58. The average Bonchev–Trinajstić information content (AvgIpc) is 2.54. The number of carbonyl (C=O) groups is 2. The fourth-order valence-corrected chi connectivity index (χ4v) is 2.94. The lowest BCUT2D eigenvalue weighted by Crippen LogP contribution is -2.38. The van der Waals surface area contributed by atoms with Gasteiger partial charge in [0, 0.05) is 12.2 Å². The second-order valence-electron chi connectivity index (χ2n) is 6.11. The lowest BCUT2D eigenvalue weighted by atomic mass is 9.82. The first kappa shape index (κ1) is 16.9. The Kier molecular flexibility index (Phi) is 5.69. The standard InChI is InChI=1S/C17H20FN3O2/c1-11-3-2-4-12(7-11)10-20-16(22)17(23)21-14-5-6-15(18)13(8-14)9-19/h5-6,8,11-12H,2-4,7,10H2,1H3,(H,20,22)(H,21,23)/t11-,12+/m1/s1. The van der Waals surface area contributed by atoms with Crippen LogP contribution in [0.25, 0.3) is 0 Å². The second-order valence-corrected chi connectivity index (χ2v) is 6.11. The SMILES string of the molecule is C[C@@H]1CCC[C@H](CNC(=O)C(=O)Nc2ccc(F)c(C#N)c2)C1. The van der Waals surface area contributed by atoms with Gasteiger partial charge in [0.05, 0.1) is 5.56 Å². The van der Waals surface area contributed by atoms with Crippen LogP contribution in [0.2, 0.25) is 0 Å². The zero-order chi connectivity index (χ0) is 16.8. The van der Waals surface area contributed by atoms with E-state index < -0.39 is 17.6 Å². The molecule has 0 saturated heterocycles. The van der Waals surface area contributed by atoms with Gasteiger partial charge in [-0.15, -0.1) is 0 Å². The first-order valence-corrected chi connectivity index (χ1v) is 7.78.